The van der Waals surface area contributed by atoms with Gasteiger partial charge in [-0.3, -0.25) is 4.79 Å². The Labute approximate surface area is 119 Å². The summed E-state index contributed by atoms with van der Waals surface area (Å²) in [5, 5.41) is 2.32. The predicted octanol–water partition coefficient (Wildman–Crippen LogP) is 3.72. The zero-order valence-corrected chi connectivity index (χ0v) is 11.2. The molecule has 0 spiro atoms. The minimum Gasteiger partial charge on any atom is -0.397 e. The maximum Gasteiger partial charge on any atom is 0.392 e. The summed E-state index contributed by atoms with van der Waals surface area (Å²) < 4.78 is 52.0. The topological polar surface area (TPSA) is 55.1 Å². The van der Waals surface area contributed by atoms with Gasteiger partial charge in [0.2, 0.25) is 5.91 Å². The molecule has 1 aliphatic carbocycles. The molecule has 3 nitrogen and oxygen atoms in total. The molecule has 2 atom stereocenters. The van der Waals surface area contributed by atoms with Crippen molar-refractivity contribution in [2.24, 2.45) is 11.8 Å². The van der Waals surface area contributed by atoms with Crippen LogP contribution in [0.25, 0.3) is 0 Å². The van der Waals surface area contributed by atoms with Crippen LogP contribution in [-0.4, -0.2) is 12.1 Å². The van der Waals surface area contributed by atoms with Gasteiger partial charge < -0.3 is 11.1 Å². The molecule has 7 heteroatoms. The Bertz CT molecular complexity index is 530. The second-order valence-corrected chi connectivity index (χ2v) is 5.26. The van der Waals surface area contributed by atoms with Gasteiger partial charge in [-0.1, -0.05) is 12.8 Å². The van der Waals surface area contributed by atoms with Crippen LogP contribution < -0.4 is 11.1 Å². The average Bonchev–Trinajstić information content (AvgIpc) is 2.42. The van der Waals surface area contributed by atoms with Gasteiger partial charge in [0.25, 0.3) is 0 Å². The van der Waals surface area contributed by atoms with E-state index in [1.165, 1.54) is 6.07 Å². The summed E-state index contributed by atoms with van der Waals surface area (Å²) in [4.78, 5) is 12.1. The average molecular weight is 304 g/mol. The summed E-state index contributed by atoms with van der Waals surface area (Å²) in [5.74, 6) is -4.17. The second kappa shape index (κ2) is 5.91. The minimum atomic E-state index is -4.41. The Morgan fingerprint density at radius 2 is 1.90 bits per heavy atom. The molecule has 0 heterocycles. The van der Waals surface area contributed by atoms with E-state index in [0.717, 1.165) is 12.1 Å². The van der Waals surface area contributed by atoms with E-state index in [0.29, 0.717) is 12.8 Å². The van der Waals surface area contributed by atoms with Crippen molar-refractivity contribution in [2.75, 3.05) is 11.1 Å². The zero-order chi connectivity index (χ0) is 15.6. The van der Waals surface area contributed by atoms with Crippen LogP contribution in [0.15, 0.2) is 18.2 Å². The number of amides is 1. The molecule has 2 rings (SSSR count). The van der Waals surface area contributed by atoms with Crippen molar-refractivity contribution in [2.45, 2.75) is 31.9 Å². The molecule has 1 fully saturated rings. The molecule has 0 radical (unpaired) electrons. The van der Waals surface area contributed by atoms with Crippen molar-refractivity contribution in [3.63, 3.8) is 0 Å². The Morgan fingerprint density at radius 1 is 1.24 bits per heavy atom. The highest BCUT2D eigenvalue weighted by Gasteiger charge is 2.48. The largest absolute Gasteiger partial charge is 0.397 e. The zero-order valence-electron chi connectivity index (χ0n) is 11.2. The maximum absolute atomic E-state index is 13.1. The Kier molecular flexibility index (Phi) is 4.39. The predicted molar refractivity (Wildman–Crippen MR) is 70.9 cm³/mol. The lowest BCUT2D eigenvalue weighted by Gasteiger charge is -2.32. The van der Waals surface area contributed by atoms with Crippen LogP contribution in [0.1, 0.15) is 25.7 Å². The van der Waals surface area contributed by atoms with Crippen LogP contribution in [0.2, 0.25) is 0 Å². The number of hydrogen-bond donors (Lipinski definition) is 2. The van der Waals surface area contributed by atoms with Crippen LogP contribution in [-0.2, 0) is 4.79 Å². The van der Waals surface area contributed by atoms with E-state index >= 15 is 0 Å². The van der Waals surface area contributed by atoms with Gasteiger partial charge in [-0.05, 0) is 31.0 Å². The number of carbonyl (C=O) groups is 1. The molecule has 1 aromatic carbocycles. The first-order valence-corrected chi connectivity index (χ1v) is 6.71. The molecule has 21 heavy (non-hydrogen) atoms. The molecular weight excluding hydrogens is 288 g/mol. The number of benzene rings is 1. The highest BCUT2D eigenvalue weighted by molar-refractivity contribution is 5.95. The van der Waals surface area contributed by atoms with Gasteiger partial charge in [0.15, 0.2) is 0 Å². The van der Waals surface area contributed by atoms with E-state index in [2.05, 4.69) is 5.32 Å². The Morgan fingerprint density at radius 3 is 2.57 bits per heavy atom. The summed E-state index contributed by atoms with van der Waals surface area (Å²) >= 11 is 0. The van der Waals surface area contributed by atoms with Crippen molar-refractivity contribution in [3.8, 4) is 0 Å². The van der Waals surface area contributed by atoms with E-state index in [-0.39, 0.29) is 24.2 Å². The van der Waals surface area contributed by atoms with Gasteiger partial charge in [0, 0.05) is 5.92 Å². The van der Waals surface area contributed by atoms with Gasteiger partial charge in [0.1, 0.15) is 5.82 Å². The molecule has 116 valence electrons. The highest BCUT2D eigenvalue weighted by atomic mass is 19.4. The molecule has 0 aromatic heterocycles. The number of nitrogen functional groups attached to an aromatic ring is 1. The van der Waals surface area contributed by atoms with Crippen molar-refractivity contribution < 1.29 is 22.4 Å². The summed E-state index contributed by atoms with van der Waals surface area (Å²) in [6.45, 7) is 0. The third kappa shape index (κ3) is 3.65. The van der Waals surface area contributed by atoms with Crippen molar-refractivity contribution in [1.82, 2.24) is 0 Å². The monoisotopic (exact) mass is 304 g/mol. The number of nitrogens with one attached hydrogen (secondary N) is 1. The Balaban J connectivity index is 2.16. The molecule has 0 aliphatic heterocycles. The summed E-state index contributed by atoms with van der Waals surface area (Å²) in [6, 6.07) is 3.37. The van der Waals surface area contributed by atoms with Crippen LogP contribution in [0, 0.1) is 17.7 Å². The third-order valence-corrected chi connectivity index (χ3v) is 3.80. The van der Waals surface area contributed by atoms with Crippen molar-refractivity contribution in [1.29, 1.82) is 0 Å². The fourth-order valence-electron chi connectivity index (χ4n) is 2.70. The molecule has 1 aliphatic rings. The van der Waals surface area contributed by atoms with E-state index in [9.17, 15) is 22.4 Å². The normalized spacial score (nSPS) is 22.9. The molecule has 1 amide bonds. The minimum absolute atomic E-state index is 0.00602. The van der Waals surface area contributed by atoms with E-state index < -0.39 is 29.7 Å². The second-order valence-electron chi connectivity index (χ2n) is 5.26. The van der Waals surface area contributed by atoms with Gasteiger partial charge in [-0.25, -0.2) is 4.39 Å². The molecule has 0 saturated heterocycles. The van der Waals surface area contributed by atoms with Crippen LogP contribution >= 0.6 is 0 Å². The number of anilines is 2. The molecular formula is C14H16F4N2O. The molecule has 0 bridgehead atoms. The number of rotatable bonds is 2. The van der Waals surface area contributed by atoms with Crippen LogP contribution in [0.5, 0.6) is 0 Å². The number of hydrogen-bond acceptors (Lipinski definition) is 2. The van der Waals surface area contributed by atoms with Crippen molar-refractivity contribution >= 4 is 17.3 Å². The van der Waals surface area contributed by atoms with Crippen molar-refractivity contribution in [3.05, 3.63) is 24.0 Å². The summed E-state index contributed by atoms with van der Waals surface area (Å²) in [6.07, 6.45) is -3.26. The van der Waals surface area contributed by atoms with E-state index in [1.54, 1.807) is 0 Å². The fraction of sp³-hybridized carbons (Fsp3) is 0.500. The van der Waals surface area contributed by atoms with Gasteiger partial charge in [-0.15, -0.1) is 0 Å². The maximum atomic E-state index is 13.1. The first kappa shape index (κ1) is 15.6. The fourth-order valence-corrected chi connectivity index (χ4v) is 2.70. The third-order valence-electron chi connectivity index (χ3n) is 3.80. The lowest BCUT2D eigenvalue weighted by molar-refractivity contribution is -0.197. The lowest BCUT2D eigenvalue weighted by Crippen LogP contribution is -2.39. The van der Waals surface area contributed by atoms with Crippen LogP contribution in [0.4, 0.5) is 28.9 Å². The molecule has 1 saturated carbocycles. The number of nitrogens with two attached hydrogens (primary N) is 1. The van der Waals surface area contributed by atoms with Crippen LogP contribution in [0.3, 0.4) is 0 Å². The van der Waals surface area contributed by atoms with Gasteiger partial charge in [-0.2, -0.15) is 13.2 Å². The lowest BCUT2D eigenvalue weighted by atomic mass is 9.78. The SMILES string of the molecule is Nc1ccc(F)cc1NC(=O)C1CCCCC1C(F)(F)F. The molecule has 3 N–H and O–H groups in total. The number of alkyl halides is 3. The standard InChI is InChI=1S/C14H16F4N2O/c15-8-5-6-11(19)12(7-8)20-13(21)9-3-1-2-4-10(9)14(16,17)18/h5-7,9-10H,1-4,19H2,(H,20,21). The highest BCUT2D eigenvalue weighted by Crippen LogP contribution is 2.42. The van der Waals surface area contributed by atoms with E-state index in [4.69, 9.17) is 5.73 Å². The van der Waals surface area contributed by atoms with E-state index in [1.807, 2.05) is 0 Å². The molecule has 1 aromatic rings. The molecule has 2 unspecified atom stereocenters. The number of halogens is 4. The van der Waals surface area contributed by atoms with Gasteiger partial charge >= 0.3 is 6.18 Å². The summed E-state index contributed by atoms with van der Waals surface area (Å²) in [7, 11) is 0. The smallest absolute Gasteiger partial charge is 0.392 e. The summed E-state index contributed by atoms with van der Waals surface area (Å²) in [5.41, 5.74) is 5.71. The van der Waals surface area contributed by atoms with Gasteiger partial charge in [0.05, 0.1) is 17.3 Å². The quantitative estimate of drug-likeness (QED) is 0.646. The first-order chi connectivity index (χ1) is 9.79. The Hall–Kier alpha value is -1.79. The first-order valence-electron chi connectivity index (χ1n) is 6.71. The number of carbonyl (C=O) groups excluding carboxylic acids is 1.